The van der Waals surface area contributed by atoms with E-state index in [1.165, 1.54) is 22.3 Å². The molecular weight excluding hydrogens is 258 g/mol. The first-order chi connectivity index (χ1) is 10.1. The van der Waals surface area contributed by atoms with E-state index in [0.717, 1.165) is 24.2 Å². The molecule has 21 heavy (non-hydrogen) atoms. The summed E-state index contributed by atoms with van der Waals surface area (Å²) in [4.78, 5) is 0. The Bertz CT molecular complexity index is 663. The van der Waals surface area contributed by atoms with Gasteiger partial charge in [0.15, 0.2) is 0 Å². The van der Waals surface area contributed by atoms with Crippen molar-refractivity contribution < 1.29 is 4.74 Å². The smallest absolute Gasteiger partial charge is 0.126 e. The number of hydrogen-bond acceptors (Lipinski definition) is 2. The predicted molar refractivity (Wildman–Crippen MR) is 86.9 cm³/mol. The minimum Gasteiger partial charge on any atom is -0.496 e. The molecule has 2 N–H and O–H groups in total. The maximum atomic E-state index is 6.63. The van der Waals surface area contributed by atoms with Crippen molar-refractivity contribution in [2.24, 2.45) is 5.73 Å². The molecule has 2 unspecified atom stereocenters. The lowest BCUT2D eigenvalue weighted by molar-refractivity contribution is 0.397. The Kier molecular flexibility index (Phi) is 3.73. The molecule has 1 aliphatic carbocycles. The molecule has 0 saturated heterocycles. The highest BCUT2D eigenvalue weighted by Gasteiger charge is 2.30. The third-order valence-corrected chi connectivity index (χ3v) is 4.88. The Morgan fingerprint density at radius 3 is 2.67 bits per heavy atom. The zero-order valence-electron chi connectivity index (χ0n) is 13.0. The summed E-state index contributed by atoms with van der Waals surface area (Å²) in [5, 5.41) is 0. The van der Waals surface area contributed by atoms with Crippen molar-refractivity contribution in [2.75, 3.05) is 7.11 Å². The first kappa shape index (κ1) is 14.2. The zero-order chi connectivity index (χ0) is 15.0. The van der Waals surface area contributed by atoms with Crippen LogP contribution in [0.25, 0.3) is 0 Å². The van der Waals surface area contributed by atoms with E-state index in [1.54, 1.807) is 7.11 Å². The number of benzene rings is 2. The Morgan fingerprint density at radius 1 is 1.14 bits per heavy atom. The van der Waals surface area contributed by atoms with Gasteiger partial charge in [-0.15, -0.1) is 0 Å². The van der Waals surface area contributed by atoms with Gasteiger partial charge in [-0.3, -0.25) is 0 Å². The molecule has 0 aromatic heterocycles. The van der Waals surface area contributed by atoms with Crippen LogP contribution in [0.15, 0.2) is 36.4 Å². The molecule has 0 bridgehead atoms. The molecule has 0 aliphatic heterocycles. The van der Waals surface area contributed by atoms with Crippen LogP contribution in [-0.2, 0) is 6.42 Å². The number of rotatable bonds is 3. The van der Waals surface area contributed by atoms with Crippen LogP contribution in [0.3, 0.4) is 0 Å². The molecule has 0 saturated carbocycles. The summed E-state index contributed by atoms with van der Waals surface area (Å²) in [7, 11) is 1.74. The van der Waals surface area contributed by atoms with Crippen molar-refractivity contribution >= 4 is 0 Å². The molecule has 0 amide bonds. The van der Waals surface area contributed by atoms with E-state index in [2.05, 4.69) is 50.2 Å². The highest BCUT2D eigenvalue weighted by molar-refractivity contribution is 5.49. The van der Waals surface area contributed by atoms with Crippen LogP contribution in [0.2, 0.25) is 0 Å². The van der Waals surface area contributed by atoms with E-state index in [9.17, 15) is 0 Å². The number of nitrogens with two attached hydrogens (primary N) is 1. The normalized spacial score (nSPS) is 18.4. The average molecular weight is 281 g/mol. The third kappa shape index (κ3) is 2.34. The minimum atomic E-state index is -0.0112. The van der Waals surface area contributed by atoms with Crippen LogP contribution in [0.1, 0.15) is 46.2 Å². The molecule has 0 fully saturated rings. The second kappa shape index (κ2) is 5.53. The van der Waals surface area contributed by atoms with E-state index in [4.69, 9.17) is 10.5 Å². The number of methoxy groups -OCH3 is 1. The molecule has 2 nitrogen and oxygen atoms in total. The van der Waals surface area contributed by atoms with Crippen LogP contribution >= 0.6 is 0 Å². The average Bonchev–Trinajstić information content (AvgIpc) is 2.93. The molecular formula is C19H23NO. The third-order valence-electron chi connectivity index (χ3n) is 4.88. The van der Waals surface area contributed by atoms with Crippen molar-refractivity contribution in [1.82, 2.24) is 0 Å². The van der Waals surface area contributed by atoms with Gasteiger partial charge in [0.05, 0.1) is 7.11 Å². The summed E-state index contributed by atoms with van der Waals surface area (Å²) < 4.78 is 5.65. The van der Waals surface area contributed by atoms with E-state index in [-0.39, 0.29) is 6.04 Å². The minimum absolute atomic E-state index is 0.0112. The van der Waals surface area contributed by atoms with Crippen LogP contribution in [0, 0.1) is 13.8 Å². The second-order valence-corrected chi connectivity index (χ2v) is 6.00. The second-order valence-electron chi connectivity index (χ2n) is 6.00. The van der Waals surface area contributed by atoms with E-state index in [1.807, 2.05) is 0 Å². The standard InChI is InChI=1S/C19H23NO/c1-12-8-10-17(19(21-3)13(12)2)18(20)16-11-9-14-6-4-5-7-15(14)16/h4-8,10,16,18H,9,11,20H2,1-3H3. The Balaban J connectivity index is 2.01. The lowest BCUT2D eigenvalue weighted by atomic mass is 9.87. The molecule has 0 radical (unpaired) electrons. The van der Waals surface area contributed by atoms with Gasteiger partial charge < -0.3 is 10.5 Å². The molecule has 110 valence electrons. The van der Waals surface area contributed by atoms with Crippen molar-refractivity contribution in [1.29, 1.82) is 0 Å². The van der Waals surface area contributed by atoms with Gasteiger partial charge in [-0.2, -0.15) is 0 Å². The quantitative estimate of drug-likeness (QED) is 0.921. The van der Waals surface area contributed by atoms with Gasteiger partial charge in [0, 0.05) is 17.5 Å². The summed E-state index contributed by atoms with van der Waals surface area (Å²) in [6, 6.07) is 12.9. The number of aryl methyl sites for hydroxylation is 2. The molecule has 3 rings (SSSR count). The van der Waals surface area contributed by atoms with Gasteiger partial charge >= 0.3 is 0 Å². The van der Waals surface area contributed by atoms with Gasteiger partial charge in [0.25, 0.3) is 0 Å². The van der Waals surface area contributed by atoms with Crippen LogP contribution < -0.4 is 10.5 Å². The van der Waals surface area contributed by atoms with E-state index < -0.39 is 0 Å². The molecule has 1 aliphatic rings. The molecule has 0 spiro atoms. The summed E-state index contributed by atoms with van der Waals surface area (Å²) in [6.45, 7) is 4.21. The van der Waals surface area contributed by atoms with Crippen molar-refractivity contribution in [3.05, 3.63) is 64.2 Å². The Morgan fingerprint density at radius 2 is 1.90 bits per heavy atom. The maximum absolute atomic E-state index is 6.63. The molecule has 0 heterocycles. The van der Waals surface area contributed by atoms with Gasteiger partial charge in [-0.25, -0.2) is 0 Å². The fourth-order valence-electron chi connectivity index (χ4n) is 3.52. The number of ether oxygens (including phenoxy) is 1. The SMILES string of the molecule is COc1c(C(N)C2CCc3ccccc32)ccc(C)c1C. The molecule has 2 aromatic rings. The highest BCUT2D eigenvalue weighted by Crippen LogP contribution is 2.43. The zero-order valence-corrected chi connectivity index (χ0v) is 13.0. The summed E-state index contributed by atoms with van der Waals surface area (Å²) in [5.41, 5.74) is 13.0. The summed E-state index contributed by atoms with van der Waals surface area (Å²) >= 11 is 0. The van der Waals surface area contributed by atoms with Gasteiger partial charge in [-0.05, 0) is 48.9 Å². The lowest BCUT2D eigenvalue weighted by Gasteiger charge is -2.24. The first-order valence-electron chi connectivity index (χ1n) is 7.61. The Labute approximate surface area is 126 Å². The van der Waals surface area contributed by atoms with Crippen molar-refractivity contribution in [2.45, 2.75) is 38.6 Å². The predicted octanol–water partition coefficient (Wildman–Crippen LogP) is 4.04. The van der Waals surface area contributed by atoms with Crippen molar-refractivity contribution in [3.8, 4) is 5.75 Å². The van der Waals surface area contributed by atoms with E-state index in [0.29, 0.717) is 5.92 Å². The summed E-state index contributed by atoms with van der Waals surface area (Å²) in [6.07, 6.45) is 2.25. The van der Waals surface area contributed by atoms with Crippen molar-refractivity contribution in [3.63, 3.8) is 0 Å². The topological polar surface area (TPSA) is 35.2 Å². The molecule has 2 aromatic carbocycles. The molecule has 2 heteroatoms. The largest absolute Gasteiger partial charge is 0.496 e. The first-order valence-corrected chi connectivity index (χ1v) is 7.61. The lowest BCUT2D eigenvalue weighted by Crippen LogP contribution is -2.19. The number of hydrogen-bond donors (Lipinski definition) is 1. The highest BCUT2D eigenvalue weighted by atomic mass is 16.5. The fraction of sp³-hybridized carbons (Fsp3) is 0.368. The van der Waals surface area contributed by atoms with Crippen LogP contribution in [0.4, 0.5) is 0 Å². The summed E-state index contributed by atoms with van der Waals surface area (Å²) in [5.74, 6) is 1.34. The Hall–Kier alpha value is -1.80. The number of fused-ring (bicyclic) bond motifs is 1. The van der Waals surface area contributed by atoms with Crippen LogP contribution in [0.5, 0.6) is 5.75 Å². The van der Waals surface area contributed by atoms with Crippen LogP contribution in [-0.4, -0.2) is 7.11 Å². The van der Waals surface area contributed by atoms with Gasteiger partial charge in [0.2, 0.25) is 0 Å². The van der Waals surface area contributed by atoms with E-state index >= 15 is 0 Å². The monoisotopic (exact) mass is 281 g/mol. The van der Waals surface area contributed by atoms with Gasteiger partial charge in [-0.1, -0.05) is 36.4 Å². The fourth-order valence-corrected chi connectivity index (χ4v) is 3.52. The van der Waals surface area contributed by atoms with Gasteiger partial charge in [0.1, 0.15) is 5.75 Å². The molecule has 2 atom stereocenters. The maximum Gasteiger partial charge on any atom is 0.126 e.